The van der Waals surface area contributed by atoms with Gasteiger partial charge in [-0.25, -0.2) is 4.79 Å². The van der Waals surface area contributed by atoms with E-state index in [4.69, 9.17) is 5.73 Å². The molecule has 4 N–H and O–H groups in total. The first-order valence-corrected chi connectivity index (χ1v) is 18.4. The Morgan fingerprint density at radius 2 is 1.51 bits per heavy atom. The summed E-state index contributed by atoms with van der Waals surface area (Å²) in [6, 6.07) is 14.9. The molecule has 9 heteroatoms. The van der Waals surface area contributed by atoms with Crippen LogP contribution in [0.2, 0.25) is 0 Å². The van der Waals surface area contributed by atoms with E-state index in [-0.39, 0.29) is 11.9 Å². The normalized spacial score (nSPS) is 19.6. The Morgan fingerprint density at radius 1 is 0.809 bits per heavy atom. The van der Waals surface area contributed by atoms with Crippen molar-refractivity contribution in [1.29, 1.82) is 0 Å². The number of nitrogens with two attached hydrogens (primary N) is 1. The molecule has 3 aliphatic heterocycles. The maximum absolute atomic E-state index is 14.1. The molecule has 0 bridgehead atoms. The average molecular weight is 646 g/mol. The Bertz CT molecular complexity index is 1290. The number of aryl methyl sites for hydroxylation is 2. The zero-order valence-electron chi connectivity index (χ0n) is 29.2. The minimum absolute atomic E-state index is 0.0492. The van der Waals surface area contributed by atoms with Crippen molar-refractivity contribution in [1.82, 2.24) is 30.2 Å². The number of likely N-dealkylation sites (tertiary alicyclic amines) is 2. The van der Waals surface area contributed by atoms with Crippen molar-refractivity contribution in [3.8, 4) is 0 Å². The number of anilines is 1. The smallest absolute Gasteiger partial charge is 0.318 e. The molecule has 2 aromatic rings. The van der Waals surface area contributed by atoms with E-state index in [9.17, 15) is 9.59 Å². The van der Waals surface area contributed by atoms with Crippen LogP contribution < -0.4 is 16.4 Å². The lowest BCUT2D eigenvalue weighted by Crippen LogP contribution is -2.59. The van der Waals surface area contributed by atoms with Crippen LogP contribution in [0.15, 0.2) is 42.5 Å². The van der Waals surface area contributed by atoms with Crippen molar-refractivity contribution in [2.75, 3.05) is 71.2 Å². The number of piperidine rings is 2. The molecule has 3 fully saturated rings. The molecule has 3 aliphatic rings. The first kappa shape index (κ1) is 35.2. The number of carbonyl (C=O) groups excluding carboxylic acids is 2. The SMILES string of the molecule is CCc1ccc(C[C@@H](NC(=O)N2CCC(NCCc3ccccc3N)CC2)C(=O)N2CCN(C3CCN(CC)CC3)CC2)cc1CC. The third-order valence-corrected chi connectivity index (χ3v) is 10.9. The predicted molar refractivity (Wildman–Crippen MR) is 192 cm³/mol. The van der Waals surface area contributed by atoms with E-state index in [0.717, 1.165) is 82.6 Å². The molecule has 0 saturated carbocycles. The van der Waals surface area contributed by atoms with Gasteiger partial charge >= 0.3 is 6.03 Å². The average Bonchev–Trinajstić information content (AvgIpc) is 3.12. The molecule has 9 nitrogen and oxygen atoms in total. The van der Waals surface area contributed by atoms with Crippen molar-refractivity contribution in [2.45, 2.75) is 90.3 Å². The maximum atomic E-state index is 14.1. The lowest BCUT2D eigenvalue weighted by molar-refractivity contribution is -0.135. The van der Waals surface area contributed by atoms with Crippen LogP contribution in [0.5, 0.6) is 0 Å². The molecule has 0 aromatic heterocycles. The monoisotopic (exact) mass is 645 g/mol. The third kappa shape index (κ3) is 9.48. The molecule has 0 radical (unpaired) electrons. The Labute approximate surface area is 283 Å². The van der Waals surface area contributed by atoms with Crippen LogP contribution in [-0.4, -0.2) is 115 Å². The van der Waals surface area contributed by atoms with Gasteiger partial charge in [0.25, 0.3) is 0 Å². The fourth-order valence-electron chi connectivity index (χ4n) is 7.74. The summed E-state index contributed by atoms with van der Waals surface area (Å²) < 4.78 is 0. The molecule has 0 unspecified atom stereocenters. The standard InChI is InChI=1S/C38H59N7O2/c1-4-30-12-11-29(27-31(30)5-2)28-36(37(46)44-25-23-43(24-26-44)34-16-19-42(6-3)20-17-34)41-38(47)45-21-14-33(15-22-45)40-18-13-32-9-7-8-10-35(32)39/h7-12,27,33-34,36,40H,4-6,13-26,28,39H2,1-3H3,(H,41,47)/t36-/m1/s1. The van der Waals surface area contributed by atoms with E-state index in [1.165, 1.54) is 42.6 Å². The molecule has 3 heterocycles. The van der Waals surface area contributed by atoms with Gasteiger partial charge in [0, 0.05) is 63.5 Å². The van der Waals surface area contributed by atoms with E-state index >= 15 is 0 Å². The van der Waals surface area contributed by atoms with Crippen LogP contribution in [0.1, 0.15) is 68.7 Å². The number of nitrogen functional groups attached to an aromatic ring is 1. The number of hydrogen-bond acceptors (Lipinski definition) is 6. The third-order valence-electron chi connectivity index (χ3n) is 10.9. The Morgan fingerprint density at radius 3 is 2.17 bits per heavy atom. The fourth-order valence-corrected chi connectivity index (χ4v) is 7.74. The van der Waals surface area contributed by atoms with Crippen molar-refractivity contribution in [2.24, 2.45) is 0 Å². The molecule has 258 valence electrons. The van der Waals surface area contributed by atoms with Crippen LogP contribution >= 0.6 is 0 Å². The van der Waals surface area contributed by atoms with Crippen molar-refractivity contribution >= 4 is 17.6 Å². The number of nitrogens with one attached hydrogen (secondary N) is 2. The fraction of sp³-hybridized carbons (Fsp3) is 0.632. The van der Waals surface area contributed by atoms with Crippen molar-refractivity contribution < 1.29 is 9.59 Å². The van der Waals surface area contributed by atoms with Gasteiger partial charge in [-0.15, -0.1) is 0 Å². The highest BCUT2D eigenvalue weighted by atomic mass is 16.2. The van der Waals surface area contributed by atoms with Crippen LogP contribution in [0.25, 0.3) is 0 Å². The van der Waals surface area contributed by atoms with Crippen LogP contribution in [0, 0.1) is 0 Å². The minimum atomic E-state index is -0.578. The zero-order valence-corrected chi connectivity index (χ0v) is 29.2. The van der Waals surface area contributed by atoms with Crippen LogP contribution in [0.3, 0.4) is 0 Å². The summed E-state index contributed by atoms with van der Waals surface area (Å²) in [5, 5.41) is 6.88. The van der Waals surface area contributed by atoms with Gasteiger partial charge in [-0.1, -0.05) is 57.2 Å². The lowest BCUT2D eigenvalue weighted by atomic mass is 9.96. The summed E-state index contributed by atoms with van der Waals surface area (Å²) >= 11 is 0. The number of para-hydroxylation sites is 1. The van der Waals surface area contributed by atoms with Crippen LogP contribution in [0.4, 0.5) is 10.5 Å². The highest BCUT2D eigenvalue weighted by Gasteiger charge is 2.33. The molecule has 47 heavy (non-hydrogen) atoms. The summed E-state index contributed by atoms with van der Waals surface area (Å²) in [5.74, 6) is 0.0492. The first-order valence-electron chi connectivity index (χ1n) is 18.4. The zero-order chi connectivity index (χ0) is 33.2. The molecule has 3 amide bonds. The molecule has 2 aromatic carbocycles. The Hall–Kier alpha value is -3.14. The van der Waals surface area contributed by atoms with E-state index in [2.05, 4.69) is 65.5 Å². The molecule has 1 atom stereocenters. The Balaban J connectivity index is 1.17. The highest BCUT2D eigenvalue weighted by molar-refractivity contribution is 5.87. The number of amides is 3. The van der Waals surface area contributed by atoms with Crippen LogP contribution in [-0.2, 0) is 30.5 Å². The second kappa shape index (κ2) is 17.3. The topological polar surface area (TPSA) is 97.2 Å². The number of hydrogen-bond donors (Lipinski definition) is 3. The molecule has 0 spiro atoms. The summed E-state index contributed by atoms with van der Waals surface area (Å²) in [6.07, 6.45) is 7.57. The van der Waals surface area contributed by atoms with Gasteiger partial charge in [0.15, 0.2) is 0 Å². The number of nitrogens with zero attached hydrogens (tertiary/aromatic N) is 4. The molecular formula is C38H59N7O2. The van der Waals surface area contributed by atoms with Gasteiger partial charge in [0.1, 0.15) is 6.04 Å². The van der Waals surface area contributed by atoms with E-state index in [0.29, 0.717) is 31.6 Å². The number of urea groups is 1. The Kier molecular flexibility index (Phi) is 13.0. The van der Waals surface area contributed by atoms with E-state index < -0.39 is 6.04 Å². The second-order valence-corrected chi connectivity index (χ2v) is 13.7. The summed E-state index contributed by atoms with van der Waals surface area (Å²) in [5.41, 5.74) is 11.9. The number of benzene rings is 2. The van der Waals surface area contributed by atoms with Crippen molar-refractivity contribution in [3.63, 3.8) is 0 Å². The molecule has 3 saturated heterocycles. The minimum Gasteiger partial charge on any atom is -0.399 e. The van der Waals surface area contributed by atoms with Gasteiger partial charge in [-0.2, -0.15) is 0 Å². The van der Waals surface area contributed by atoms with Gasteiger partial charge in [0.2, 0.25) is 5.91 Å². The number of carbonyl (C=O) groups is 2. The lowest BCUT2D eigenvalue weighted by Gasteiger charge is -2.43. The molecule has 5 rings (SSSR count). The van der Waals surface area contributed by atoms with Gasteiger partial charge in [0.05, 0.1) is 0 Å². The van der Waals surface area contributed by atoms with Gasteiger partial charge in [-0.3, -0.25) is 9.69 Å². The highest BCUT2D eigenvalue weighted by Crippen LogP contribution is 2.21. The van der Waals surface area contributed by atoms with E-state index in [1.54, 1.807) is 0 Å². The molecular weight excluding hydrogens is 586 g/mol. The maximum Gasteiger partial charge on any atom is 0.318 e. The quantitative estimate of drug-likeness (QED) is 0.303. The number of rotatable bonds is 12. The first-order chi connectivity index (χ1) is 22.9. The van der Waals surface area contributed by atoms with Gasteiger partial charge < -0.3 is 31.1 Å². The van der Waals surface area contributed by atoms with Crippen molar-refractivity contribution in [3.05, 3.63) is 64.7 Å². The molecule has 0 aliphatic carbocycles. The predicted octanol–water partition coefficient (Wildman–Crippen LogP) is 3.94. The number of piperazine rings is 1. The second-order valence-electron chi connectivity index (χ2n) is 13.7. The summed E-state index contributed by atoms with van der Waals surface area (Å²) in [4.78, 5) is 36.8. The summed E-state index contributed by atoms with van der Waals surface area (Å²) in [7, 11) is 0. The van der Waals surface area contributed by atoms with Gasteiger partial charge in [-0.05, 0) is 99.4 Å². The largest absolute Gasteiger partial charge is 0.399 e. The van der Waals surface area contributed by atoms with E-state index in [1.807, 2.05) is 28.0 Å². The summed E-state index contributed by atoms with van der Waals surface area (Å²) in [6.45, 7) is 15.6.